The van der Waals surface area contributed by atoms with Crippen molar-refractivity contribution in [2.24, 2.45) is 0 Å². The van der Waals surface area contributed by atoms with Crippen molar-refractivity contribution in [1.29, 1.82) is 0 Å². The molecule has 0 radical (unpaired) electrons. The summed E-state index contributed by atoms with van der Waals surface area (Å²) >= 11 is 8.11. The molecule has 4 heteroatoms. The van der Waals surface area contributed by atoms with Gasteiger partial charge in [-0.05, 0) is 43.7 Å². The van der Waals surface area contributed by atoms with Gasteiger partial charge in [-0.2, -0.15) is 11.8 Å². The minimum absolute atomic E-state index is 0.147. The van der Waals surface area contributed by atoms with Gasteiger partial charge in [-0.3, -0.25) is 0 Å². The summed E-state index contributed by atoms with van der Waals surface area (Å²) in [5.41, 5.74) is 0.972. The van der Waals surface area contributed by atoms with Gasteiger partial charge in [0.25, 0.3) is 0 Å². The fourth-order valence-electron chi connectivity index (χ4n) is 2.95. The maximum absolute atomic E-state index is 13.1. The second-order valence-electron chi connectivity index (χ2n) is 5.72. The molecule has 0 bridgehead atoms. The molecule has 1 saturated carbocycles. The first kappa shape index (κ1) is 16.1. The van der Waals surface area contributed by atoms with Crippen molar-refractivity contribution >= 4 is 23.4 Å². The van der Waals surface area contributed by atoms with Crippen molar-refractivity contribution in [2.45, 2.75) is 49.8 Å². The minimum Gasteiger partial charge on any atom is -0.309 e. The van der Waals surface area contributed by atoms with Crippen LogP contribution in [0.3, 0.4) is 0 Å². The quantitative estimate of drug-likeness (QED) is 0.802. The van der Waals surface area contributed by atoms with Gasteiger partial charge in [0.2, 0.25) is 0 Å². The molecule has 2 rings (SSSR count). The van der Waals surface area contributed by atoms with Crippen LogP contribution in [0, 0.1) is 5.82 Å². The van der Waals surface area contributed by atoms with E-state index in [1.165, 1.54) is 44.2 Å². The zero-order chi connectivity index (χ0) is 14.6. The predicted octanol–water partition coefficient (Wildman–Crippen LogP) is 5.20. The average Bonchev–Trinajstić information content (AvgIpc) is 2.46. The Morgan fingerprint density at radius 3 is 2.65 bits per heavy atom. The van der Waals surface area contributed by atoms with Gasteiger partial charge in [0, 0.05) is 22.4 Å². The smallest absolute Gasteiger partial charge is 0.124 e. The van der Waals surface area contributed by atoms with Crippen LogP contribution in [0.25, 0.3) is 0 Å². The zero-order valence-electron chi connectivity index (χ0n) is 12.2. The SMILES string of the molecule is CSC1(CNC(C)c2ccc(F)cc2Cl)CCCCC1. The Bertz CT molecular complexity index is 446. The van der Waals surface area contributed by atoms with E-state index in [0.717, 1.165) is 12.1 Å². The standard InChI is InChI=1S/C16H23ClFNS/c1-12(14-7-6-13(18)10-15(14)17)19-11-16(20-2)8-4-3-5-9-16/h6-7,10,12,19H,3-5,8-9,11H2,1-2H3. The first-order valence-electron chi connectivity index (χ1n) is 7.30. The Hall–Kier alpha value is -0.250. The summed E-state index contributed by atoms with van der Waals surface area (Å²) in [6.07, 6.45) is 8.79. The van der Waals surface area contributed by atoms with E-state index in [-0.39, 0.29) is 11.9 Å². The van der Waals surface area contributed by atoms with Crippen molar-refractivity contribution in [3.63, 3.8) is 0 Å². The molecule has 1 N–H and O–H groups in total. The van der Waals surface area contributed by atoms with E-state index in [9.17, 15) is 4.39 Å². The van der Waals surface area contributed by atoms with Gasteiger partial charge in [-0.25, -0.2) is 4.39 Å². The average molecular weight is 316 g/mol. The molecule has 1 aliphatic carbocycles. The van der Waals surface area contributed by atoms with Crippen LogP contribution in [0.4, 0.5) is 4.39 Å². The third-order valence-electron chi connectivity index (χ3n) is 4.36. The first-order valence-corrected chi connectivity index (χ1v) is 8.90. The van der Waals surface area contributed by atoms with Crippen LogP contribution in [0.15, 0.2) is 18.2 Å². The lowest BCUT2D eigenvalue weighted by molar-refractivity contribution is 0.367. The van der Waals surface area contributed by atoms with Crippen molar-refractivity contribution in [1.82, 2.24) is 5.32 Å². The van der Waals surface area contributed by atoms with Gasteiger partial charge in [-0.1, -0.05) is 36.9 Å². The Kier molecular flexibility index (Phi) is 5.76. The highest BCUT2D eigenvalue weighted by Crippen LogP contribution is 2.38. The topological polar surface area (TPSA) is 12.0 Å². The van der Waals surface area contributed by atoms with E-state index >= 15 is 0 Å². The van der Waals surface area contributed by atoms with E-state index in [1.807, 2.05) is 11.8 Å². The van der Waals surface area contributed by atoms with Crippen LogP contribution < -0.4 is 5.32 Å². The minimum atomic E-state index is -0.279. The molecule has 1 unspecified atom stereocenters. The summed E-state index contributed by atoms with van der Waals surface area (Å²) in [7, 11) is 0. The van der Waals surface area contributed by atoms with E-state index in [2.05, 4.69) is 18.5 Å². The molecule has 0 aliphatic heterocycles. The van der Waals surface area contributed by atoms with Crippen molar-refractivity contribution in [2.75, 3.05) is 12.8 Å². The number of halogens is 2. The summed E-state index contributed by atoms with van der Waals surface area (Å²) in [6.45, 7) is 3.08. The lowest BCUT2D eigenvalue weighted by Crippen LogP contribution is -2.40. The number of hydrogen-bond acceptors (Lipinski definition) is 2. The molecule has 1 fully saturated rings. The number of nitrogens with one attached hydrogen (secondary N) is 1. The summed E-state index contributed by atoms with van der Waals surface area (Å²) in [5.74, 6) is -0.279. The molecular weight excluding hydrogens is 293 g/mol. The third-order valence-corrected chi connectivity index (χ3v) is 6.10. The van der Waals surface area contributed by atoms with Crippen LogP contribution in [0.2, 0.25) is 5.02 Å². The van der Waals surface area contributed by atoms with Gasteiger partial charge < -0.3 is 5.32 Å². The molecule has 1 nitrogen and oxygen atoms in total. The van der Waals surface area contributed by atoms with Gasteiger partial charge in [0.05, 0.1) is 0 Å². The van der Waals surface area contributed by atoms with E-state index in [0.29, 0.717) is 9.77 Å². The fraction of sp³-hybridized carbons (Fsp3) is 0.625. The van der Waals surface area contributed by atoms with Crippen LogP contribution in [-0.2, 0) is 0 Å². The zero-order valence-corrected chi connectivity index (χ0v) is 13.8. The normalized spacial score (nSPS) is 19.8. The molecule has 1 atom stereocenters. The Morgan fingerprint density at radius 1 is 1.35 bits per heavy atom. The van der Waals surface area contributed by atoms with Crippen LogP contribution in [-0.4, -0.2) is 17.5 Å². The van der Waals surface area contributed by atoms with E-state index in [1.54, 1.807) is 6.07 Å². The van der Waals surface area contributed by atoms with Gasteiger partial charge in [-0.15, -0.1) is 0 Å². The number of benzene rings is 1. The van der Waals surface area contributed by atoms with Crippen molar-refractivity contribution < 1.29 is 4.39 Å². The molecule has 0 saturated heterocycles. The number of hydrogen-bond donors (Lipinski definition) is 1. The van der Waals surface area contributed by atoms with Gasteiger partial charge in [0.15, 0.2) is 0 Å². The summed E-state index contributed by atoms with van der Waals surface area (Å²) in [4.78, 5) is 0. The summed E-state index contributed by atoms with van der Waals surface area (Å²) in [6, 6.07) is 4.79. The lowest BCUT2D eigenvalue weighted by atomic mass is 9.88. The highest BCUT2D eigenvalue weighted by molar-refractivity contribution is 8.00. The van der Waals surface area contributed by atoms with E-state index in [4.69, 9.17) is 11.6 Å². The van der Waals surface area contributed by atoms with Crippen molar-refractivity contribution in [3.8, 4) is 0 Å². The third kappa shape index (κ3) is 3.90. The second-order valence-corrected chi connectivity index (χ2v) is 7.40. The molecule has 0 aromatic heterocycles. The Morgan fingerprint density at radius 2 is 2.05 bits per heavy atom. The molecule has 112 valence electrons. The first-order chi connectivity index (χ1) is 9.56. The monoisotopic (exact) mass is 315 g/mol. The fourth-order valence-corrected chi connectivity index (χ4v) is 4.21. The van der Waals surface area contributed by atoms with Gasteiger partial charge >= 0.3 is 0 Å². The summed E-state index contributed by atoms with van der Waals surface area (Å²) in [5, 5.41) is 4.10. The Balaban J connectivity index is 1.98. The number of thioether (sulfide) groups is 1. The maximum Gasteiger partial charge on any atom is 0.124 e. The number of rotatable bonds is 5. The highest BCUT2D eigenvalue weighted by atomic mass is 35.5. The molecule has 1 aliphatic rings. The molecule has 0 amide bonds. The van der Waals surface area contributed by atoms with Crippen LogP contribution in [0.1, 0.15) is 50.6 Å². The molecular formula is C16H23ClFNS. The van der Waals surface area contributed by atoms with Crippen molar-refractivity contribution in [3.05, 3.63) is 34.6 Å². The Labute approximate surface area is 130 Å². The van der Waals surface area contributed by atoms with E-state index < -0.39 is 0 Å². The second kappa shape index (κ2) is 7.15. The largest absolute Gasteiger partial charge is 0.309 e. The maximum atomic E-state index is 13.1. The molecule has 0 spiro atoms. The van der Waals surface area contributed by atoms with Gasteiger partial charge in [0.1, 0.15) is 5.82 Å². The molecule has 1 aromatic rings. The predicted molar refractivity (Wildman–Crippen MR) is 87.2 cm³/mol. The molecule has 20 heavy (non-hydrogen) atoms. The van der Waals surface area contributed by atoms with Crippen LogP contribution in [0.5, 0.6) is 0 Å². The summed E-state index contributed by atoms with van der Waals surface area (Å²) < 4.78 is 13.5. The lowest BCUT2D eigenvalue weighted by Gasteiger charge is -2.37. The highest BCUT2D eigenvalue weighted by Gasteiger charge is 2.31. The molecule has 0 heterocycles. The van der Waals surface area contributed by atoms with Crippen LogP contribution >= 0.6 is 23.4 Å². The molecule has 1 aromatic carbocycles.